The quantitative estimate of drug-likeness (QED) is 0.512. The van der Waals surface area contributed by atoms with E-state index in [-0.39, 0.29) is 5.91 Å². The Labute approximate surface area is 172 Å². The third-order valence-electron chi connectivity index (χ3n) is 4.51. The highest BCUT2D eigenvalue weighted by atomic mass is 35.5. The monoisotopic (exact) mass is 423 g/mol. The van der Waals surface area contributed by atoms with Gasteiger partial charge in [-0.1, -0.05) is 36.2 Å². The zero-order chi connectivity index (χ0) is 19.6. The van der Waals surface area contributed by atoms with Crippen LogP contribution in [-0.2, 0) is 22.4 Å². The molecule has 1 unspecified atom stereocenters. The number of carbonyl (C=O) groups is 2. The van der Waals surface area contributed by atoms with Gasteiger partial charge in [0, 0.05) is 21.0 Å². The number of fused-ring (bicyclic) bond motifs is 1. The Morgan fingerprint density at radius 1 is 1.33 bits per heavy atom. The molecule has 1 atom stereocenters. The lowest BCUT2D eigenvalue weighted by Crippen LogP contribution is -2.14. The Balaban J connectivity index is 1.83. The second kappa shape index (κ2) is 8.46. The number of hydrogen-bond acceptors (Lipinski definition) is 4. The SMILES string of the molecule is COC(=O)c1c(NC(=O)/C=C/c2ccc(Cl)cc2Cl)sc2c1CCC(C)C2. The summed E-state index contributed by atoms with van der Waals surface area (Å²) in [6.45, 7) is 2.19. The van der Waals surface area contributed by atoms with Crippen molar-refractivity contribution in [2.45, 2.75) is 26.2 Å². The van der Waals surface area contributed by atoms with E-state index in [1.165, 1.54) is 24.5 Å². The van der Waals surface area contributed by atoms with E-state index in [4.69, 9.17) is 27.9 Å². The van der Waals surface area contributed by atoms with E-state index in [9.17, 15) is 9.59 Å². The summed E-state index contributed by atoms with van der Waals surface area (Å²) >= 11 is 13.4. The molecular formula is C20H19Cl2NO3S. The largest absolute Gasteiger partial charge is 0.465 e. The predicted octanol–water partition coefficient (Wildman–Crippen LogP) is 5.62. The van der Waals surface area contributed by atoms with Crippen molar-refractivity contribution in [3.8, 4) is 0 Å². The van der Waals surface area contributed by atoms with Gasteiger partial charge in [0.1, 0.15) is 5.00 Å². The lowest BCUT2D eigenvalue weighted by molar-refractivity contribution is -0.111. The lowest BCUT2D eigenvalue weighted by Gasteiger charge is -2.18. The van der Waals surface area contributed by atoms with Gasteiger partial charge < -0.3 is 10.1 Å². The van der Waals surface area contributed by atoms with Gasteiger partial charge in [-0.15, -0.1) is 11.3 Å². The number of carbonyl (C=O) groups excluding carboxylic acids is 2. The number of methoxy groups -OCH3 is 1. The molecule has 0 radical (unpaired) electrons. The van der Waals surface area contributed by atoms with E-state index in [0.717, 1.165) is 29.7 Å². The average Bonchev–Trinajstić information content (AvgIpc) is 2.97. The van der Waals surface area contributed by atoms with Gasteiger partial charge in [-0.05, 0) is 54.5 Å². The minimum Gasteiger partial charge on any atom is -0.465 e. The summed E-state index contributed by atoms with van der Waals surface area (Å²) < 4.78 is 4.93. The topological polar surface area (TPSA) is 55.4 Å². The Hall–Kier alpha value is -1.82. The van der Waals surface area contributed by atoms with E-state index in [1.807, 2.05) is 0 Å². The van der Waals surface area contributed by atoms with Gasteiger partial charge in [-0.3, -0.25) is 4.79 Å². The minimum atomic E-state index is -0.415. The third-order valence-corrected chi connectivity index (χ3v) is 6.25. The second-order valence-electron chi connectivity index (χ2n) is 6.54. The van der Waals surface area contributed by atoms with Crippen molar-refractivity contribution in [2.75, 3.05) is 12.4 Å². The van der Waals surface area contributed by atoms with E-state index in [1.54, 1.807) is 24.3 Å². The molecule has 0 saturated heterocycles. The zero-order valence-corrected chi connectivity index (χ0v) is 17.3. The molecular weight excluding hydrogens is 405 g/mol. The second-order valence-corrected chi connectivity index (χ2v) is 8.48. The zero-order valence-electron chi connectivity index (χ0n) is 15.0. The maximum absolute atomic E-state index is 12.4. The number of anilines is 1. The molecule has 0 saturated carbocycles. The van der Waals surface area contributed by atoms with Crippen LogP contribution in [0.1, 0.15) is 39.7 Å². The highest BCUT2D eigenvalue weighted by Gasteiger charge is 2.28. The summed E-state index contributed by atoms with van der Waals surface area (Å²) in [6, 6.07) is 5.05. The first-order valence-corrected chi connectivity index (χ1v) is 10.1. The Kier molecular flexibility index (Phi) is 6.25. The molecule has 3 rings (SSSR count). The molecule has 0 spiro atoms. The molecule has 2 aromatic rings. The summed E-state index contributed by atoms with van der Waals surface area (Å²) in [5.41, 5.74) is 2.17. The number of thiophene rings is 1. The van der Waals surface area contributed by atoms with E-state index in [2.05, 4.69) is 12.2 Å². The predicted molar refractivity (Wildman–Crippen MR) is 111 cm³/mol. The molecule has 1 aliphatic carbocycles. The molecule has 1 aliphatic rings. The third kappa shape index (κ3) is 4.54. The van der Waals surface area contributed by atoms with Gasteiger partial charge in [0.2, 0.25) is 5.91 Å². The van der Waals surface area contributed by atoms with Crippen LogP contribution >= 0.6 is 34.5 Å². The van der Waals surface area contributed by atoms with Crippen molar-refractivity contribution in [1.82, 2.24) is 0 Å². The number of ether oxygens (including phenoxy) is 1. The van der Waals surface area contributed by atoms with Crippen molar-refractivity contribution in [2.24, 2.45) is 5.92 Å². The minimum absolute atomic E-state index is 0.335. The molecule has 4 nitrogen and oxygen atoms in total. The molecule has 7 heteroatoms. The van der Waals surface area contributed by atoms with E-state index in [0.29, 0.717) is 32.1 Å². The maximum atomic E-state index is 12.4. The molecule has 1 aromatic heterocycles. The number of halogens is 2. The van der Waals surface area contributed by atoms with Gasteiger partial charge >= 0.3 is 5.97 Å². The van der Waals surface area contributed by atoms with Gasteiger partial charge in [-0.25, -0.2) is 4.79 Å². The van der Waals surface area contributed by atoms with Gasteiger partial charge in [0.25, 0.3) is 0 Å². The number of hydrogen-bond donors (Lipinski definition) is 1. The lowest BCUT2D eigenvalue weighted by atomic mass is 9.88. The molecule has 0 aliphatic heterocycles. The first kappa shape index (κ1) is 19.9. The number of nitrogens with one attached hydrogen (secondary N) is 1. The van der Waals surface area contributed by atoms with E-state index >= 15 is 0 Å². The van der Waals surface area contributed by atoms with Crippen LogP contribution < -0.4 is 5.32 Å². The number of amides is 1. The maximum Gasteiger partial charge on any atom is 0.341 e. The highest BCUT2D eigenvalue weighted by molar-refractivity contribution is 7.17. The van der Waals surface area contributed by atoms with Crippen LogP contribution in [0.4, 0.5) is 5.00 Å². The van der Waals surface area contributed by atoms with Crippen molar-refractivity contribution < 1.29 is 14.3 Å². The fraction of sp³-hybridized carbons (Fsp3) is 0.300. The van der Waals surface area contributed by atoms with Crippen LogP contribution in [0.25, 0.3) is 6.08 Å². The molecule has 1 heterocycles. The fourth-order valence-corrected chi connectivity index (χ4v) is 4.99. The van der Waals surface area contributed by atoms with Crippen LogP contribution in [0, 0.1) is 5.92 Å². The summed E-state index contributed by atoms with van der Waals surface area (Å²) in [5, 5.41) is 4.35. The molecule has 0 fully saturated rings. The van der Waals surface area contributed by atoms with Gasteiger partial charge in [0.05, 0.1) is 12.7 Å². The van der Waals surface area contributed by atoms with Crippen molar-refractivity contribution >= 4 is 57.5 Å². The molecule has 1 amide bonds. The molecule has 1 aromatic carbocycles. The van der Waals surface area contributed by atoms with Crippen molar-refractivity contribution in [1.29, 1.82) is 0 Å². The van der Waals surface area contributed by atoms with Crippen LogP contribution in [0.3, 0.4) is 0 Å². The smallest absolute Gasteiger partial charge is 0.341 e. The van der Waals surface area contributed by atoms with Crippen LogP contribution in [0.5, 0.6) is 0 Å². The average molecular weight is 424 g/mol. The van der Waals surface area contributed by atoms with Crippen LogP contribution in [0.2, 0.25) is 10.0 Å². The standard InChI is InChI=1S/C20H19Cl2NO3S/c1-11-3-7-14-16(9-11)27-19(18(14)20(25)26-2)23-17(24)8-5-12-4-6-13(21)10-15(12)22/h4-6,8,10-11H,3,7,9H2,1-2H3,(H,23,24)/b8-5+. The number of benzene rings is 1. The normalized spacial score (nSPS) is 16.2. The first-order chi connectivity index (χ1) is 12.9. The van der Waals surface area contributed by atoms with Crippen LogP contribution in [-0.4, -0.2) is 19.0 Å². The summed E-state index contributed by atoms with van der Waals surface area (Å²) in [7, 11) is 1.35. The van der Waals surface area contributed by atoms with E-state index < -0.39 is 5.97 Å². The highest BCUT2D eigenvalue weighted by Crippen LogP contribution is 2.40. The Bertz CT molecular complexity index is 920. The Morgan fingerprint density at radius 2 is 2.11 bits per heavy atom. The summed E-state index contributed by atoms with van der Waals surface area (Å²) in [5.74, 6) is -0.183. The number of rotatable bonds is 4. The molecule has 0 bridgehead atoms. The van der Waals surface area contributed by atoms with Crippen molar-refractivity contribution in [3.63, 3.8) is 0 Å². The van der Waals surface area contributed by atoms with Crippen LogP contribution in [0.15, 0.2) is 24.3 Å². The first-order valence-electron chi connectivity index (χ1n) is 8.56. The molecule has 142 valence electrons. The van der Waals surface area contributed by atoms with Crippen molar-refractivity contribution in [3.05, 3.63) is 55.9 Å². The van der Waals surface area contributed by atoms with Gasteiger partial charge in [-0.2, -0.15) is 0 Å². The summed E-state index contributed by atoms with van der Waals surface area (Å²) in [4.78, 5) is 25.8. The van der Waals surface area contributed by atoms with Gasteiger partial charge in [0.15, 0.2) is 0 Å². The molecule has 27 heavy (non-hydrogen) atoms. The summed E-state index contributed by atoms with van der Waals surface area (Å²) in [6.07, 6.45) is 5.76. The molecule has 1 N–H and O–H groups in total. The fourth-order valence-electron chi connectivity index (χ4n) is 3.11. The number of esters is 1. The Morgan fingerprint density at radius 3 is 2.81 bits per heavy atom.